The lowest BCUT2D eigenvalue weighted by molar-refractivity contribution is -0.146. The zero-order valence-corrected chi connectivity index (χ0v) is 16.0. The summed E-state index contributed by atoms with van der Waals surface area (Å²) in [4.78, 5) is 13.9. The van der Waals surface area contributed by atoms with Crippen molar-refractivity contribution in [3.05, 3.63) is 34.6 Å². The predicted molar refractivity (Wildman–Crippen MR) is 98.5 cm³/mol. The molecule has 1 aliphatic heterocycles. The molecule has 0 bridgehead atoms. The van der Waals surface area contributed by atoms with Gasteiger partial charge in [-0.3, -0.25) is 9.69 Å². The fourth-order valence-corrected chi connectivity index (χ4v) is 4.60. The maximum absolute atomic E-state index is 14.4. The quantitative estimate of drug-likeness (QED) is 0.698. The molecule has 3 rings (SSSR count). The van der Waals surface area contributed by atoms with E-state index in [4.69, 9.17) is 10.5 Å². The lowest BCUT2D eigenvalue weighted by Gasteiger charge is -2.47. The minimum atomic E-state index is -1.21. The van der Waals surface area contributed by atoms with Gasteiger partial charge < -0.3 is 20.7 Å². The summed E-state index contributed by atoms with van der Waals surface area (Å²) in [6, 6.07) is 3.46. The average Bonchev–Trinajstić information content (AvgIpc) is 2.90. The molecule has 27 heavy (non-hydrogen) atoms. The van der Waals surface area contributed by atoms with E-state index in [1.54, 1.807) is 6.07 Å². The third-order valence-electron chi connectivity index (χ3n) is 6.28. The number of halogens is 1. The first-order valence-electron chi connectivity index (χ1n) is 9.44. The van der Waals surface area contributed by atoms with Crippen LogP contribution in [0.1, 0.15) is 49.3 Å². The molecule has 1 heterocycles. The monoisotopic (exact) mass is 380 g/mol. The van der Waals surface area contributed by atoms with E-state index in [1.165, 1.54) is 7.11 Å². The second-order valence-corrected chi connectivity index (χ2v) is 8.19. The van der Waals surface area contributed by atoms with Crippen LogP contribution in [0.15, 0.2) is 12.1 Å². The summed E-state index contributed by atoms with van der Waals surface area (Å²) in [5.74, 6) is -1.18. The van der Waals surface area contributed by atoms with Crippen LogP contribution in [0.3, 0.4) is 0 Å². The molecule has 1 aromatic carbocycles. The fourth-order valence-electron chi connectivity index (χ4n) is 4.60. The molecule has 1 atom stereocenters. The highest BCUT2D eigenvalue weighted by Crippen LogP contribution is 2.51. The van der Waals surface area contributed by atoms with Crippen LogP contribution in [0.2, 0.25) is 0 Å². The van der Waals surface area contributed by atoms with Gasteiger partial charge in [0.05, 0.1) is 6.61 Å². The molecule has 0 aromatic heterocycles. The van der Waals surface area contributed by atoms with Gasteiger partial charge in [-0.15, -0.1) is 0 Å². The molecule has 1 aromatic rings. The standard InChI is InChI=1S/C20H29FN2O4/c1-13(11-24)9-23-10-14-8-17(21)15(12-27-2)7-16(14)20(23)5-3-19(22,4-6-20)18(25)26/h7-8,13,24H,3-6,9-12,22H2,1-2H3,(H,25,26)/t13-,19?,20?/m1/s1. The topological polar surface area (TPSA) is 96.0 Å². The maximum atomic E-state index is 14.4. The first kappa shape index (κ1) is 20.2. The number of hydrogen-bond donors (Lipinski definition) is 3. The van der Waals surface area contributed by atoms with Crippen LogP contribution < -0.4 is 5.73 Å². The Labute approximate surface area is 159 Å². The smallest absolute Gasteiger partial charge is 0.323 e. The molecule has 0 amide bonds. The van der Waals surface area contributed by atoms with Crippen molar-refractivity contribution in [1.82, 2.24) is 4.90 Å². The number of nitrogens with two attached hydrogens (primary N) is 1. The van der Waals surface area contributed by atoms with Crippen molar-refractivity contribution in [1.29, 1.82) is 0 Å². The van der Waals surface area contributed by atoms with E-state index < -0.39 is 11.5 Å². The van der Waals surface area contributed by atoms with Gasteiger partial charge in [-0.25, -0.2) is 4.39 Å². The second-order valence-electron chi connectivity index (χ2n) is 8.19. The highest BCUT2D eigenvalue weighted by Gasteiger charge is 2.52. The first-order chi connectivity index (χ1) is 12.8. The Morgan fingerprint density at radius 2 is 2.04 bits per heavy atom. The number of aliphatic hydroxyl groups excluding tert-OH is 1. The molecule has 150 valence electrons. The van der Waals surface area contributed by atoms with Crippen LogP contribution in [-0.4, -0.2) is 46.9 Å². The Balaban J connectivity index is 2.00. The van der Waals surface area contributed by atoms with Gasteiger partial charge >= 0.3 is 5.97 Å². The fraction of sp³-hybridized carbons (Fsp3) is 0.650. The molecule has 4 N–H and O–H groups in total. The molecule has 1 spiro atoms. The number of methoxy groups -OCH3 is 1. The number of benzene rings is 1. The molecule has 0 unspecified atom stereocenters. The number of nitrogens with zero attached hydrogens (tertiary/aromatic N) is 1. The number of fused-ring (bicyclic) bond motifs is 2. The van der Waals surface area contributed by atoms with Crippen LogP contribution >= 0.6 is 0 Å². The van der Waals surface area contributed by atoms with E-state index in [2.05, 4.69) is 4.90 Å². The van der Waals surface area contributed by atoms with Gasteiger partial charge in [0.1, 0.15) is 11.4 Å². The summed E-state index contributed by atoms with van der Waals surface area (Å²) < 4.78 is 19.6. The number of hydrogen-bond acceptors (Lipinski definition) is 5. The van der Waals surface area contributed by atoms with Gasteiger partial charge in [0, 0.05) is 37.9 Å². The Bertz CT molecular complexity index is 716. The average molecular weight is 380 g/mol. The largest absolute Gasteiger partial charge is 0.480 e. The number of ether oxygens (including phenoxy) is 1. The molecular formula is C20H29FN2O4. The third kappa shape index (κ3) is 3.49. The number of carboxylic acids is 1. The van der Waals surface area contributed by atoms with Crippen LogP contribution in [0, 0.1) is 11.7 Å². The van der Waals surface area contributed by atoms with Crippen LogP contribution in [0.4, 0.5) is 4.39 Å². The second kappa shape index (κ2) is 7.47. The summed E-state index contributed by atoms with van der Waals surface area (Å²) in [5.41, 5.74) is 7.02. The SMILES string of the molecule is COCc1cc2c(cc1F)CN(C[C@@H](C)CO)C21CCC(N)(C(=O)O)CC1. The molecule has 1 fully saturated rings. The van der Waals surface area contributed by atoms with Gasteiger partial charge in [0.2, 0.25) is 0 Å². The number of rotatable bonds is 6. The normalized spacial score (nSPS) is 29.1. The third-order valence-corrected chi connectivity index (χ3v) is 6.28. The highest BCUT2D eigenvalue weighted by molar-refractivity contribution is 5.78. The maximum Gasteiger partial charge on any atom is 0.323 e. The minimum absolute atomic E-state index is 0.0716. The molecule has 0 saturated heterocycles. The van der Waals surface area contributed by atoms with Crippen molar-refractivity contribution in [2.75, 3.05) is 20.3 Å². The van der Waals surface area contributed by atoms with E-state index in [-0.39, 0.29) is 30.5 Å². The Kier molecular flexibility index (Phi) is 5.59. The summed E-state index contributed by atoms with van der Waals surface area (Å²) in [7, 11) is 1.54. The Morgan fingerprint density at radius 1 is 1.37 bits per heavy atom. The predicted octanol–water partition coefficient (Wildman–Crippen LogP) is 1.97. The minimum Gasteiger partial charge on any atom is -0.480 e. The van der Waals surface area contributed by atoms with Gasteiger partial charge in [0.15, 0.2) is 0 Å². The van der Waals surface area contributed by atoms with Gasteiger partial charge in [0.25, 0.3) is 0 Å². The summed E-state index contributed by atoms with van der Waals surface area (Å²) in [6.07, 6.45) is 1.92. The van der Waals surface area contributed by atoms with Crippen LogP contribution in [0.5, 0.6) is 0 Å². The van der Waals surface area contributed by atoms with Crippen LogP contribution in [-0.2, 0) is 28.2 Å². The van der Waals surface area contributed by atoms with E-state index in [9.17, 15) is 19.4 Å². The zero-order chi connectivity index (χ0) is 19.8. The molecule has 6 nitrogen and oxygen atoms in total. The zero-order valence-electron chi connectivity index (χ0n) is 16.0. The van der Waals surface area contributed by atoms with E-state index in [0.717, 1.165) is 11.1 Å². The van der Waals surface area contributed by atoms with Gasteiger partial charge in [-0.05, 0) is 54.9 Å². The Hall–Kier alpha value is -1.54. The van der Waals surface area contributed by atoms with Crippen molar-refractivity contribution >= 4 is 5.97 Å². The summed E-state index contributed by atoms with van der Waals surface area (Å²) in [6.45, 7) is 3.49. The van der Waals surface area contributed by atoms with Crippen molar-refractivity contribution in [2.24, 2.45) is 11.7 Å². The van der Waals surface area contributed by atoms with Gasteiger partial charge in [-0.2, -0.15) is 0 Å². The highest BCUT2D eigenvalue weighted by atomic mass is 19.1. The summed E-state index contributed by atoms with van der Waals surface area (Å²) >= 11 is 0. The van der Waals surface area contributed by atoms with Crippen molar-refractivity contribution < 1.29 is 24.1 Å². The summed E-state index contributed by atoms with van der Waals surface area (Å²) in [5, 5.41) is 19.0. The number of carboxylic acid groups (broad SMARTS) is 1. The molecule has 7 heteroatoms. The number of carbonyl (C=O) groups is 1. The molecule has 2 aliphatic rings. The number of aliphatic carboxylic acids is 1. The van der Waals surface area contributed by atoms with Crippen molar-refractivity contribution in [3.63, 3.8) is 0 Å². The molecule has 0 radical (unpaired) electrons. The molecule has 1 aliphatic carbocycles. The van der Waals surface area contributed by atoms with Gasteiger partial charge in [-0.1, -0.05) is 6.92 Å². The van der Waals surface area contributed by atoms with Crippen LogP contribution in [0.25, 0.3) is 0 Å². The Morgan fingerprint density at radius 3 is 2.59 bits per heavy atom. The molecular weight excluding hydrogens is 351 g/mol. The lowest BCUT2D eigenvalue weighted by atomic mass is 9.69. The van der Waals surface area contributed by atoms with E-state index in [0.29, 0.717) is 44.3 Å². The molecule has 1 saturated carbocycles. The first-order valence-corrected chi connectivity index (χ1v) is 9.44. The number of aliphatic hydroxyl groups is 1. The van der Waals surface area contributed by atoms with Crippen molar-refractivity contribution in [2.45, 2.75) is 56.8 Å². The lowest BCUT2D eigenvalue weighted by Crippen LogP contribution is -2.56. The van der Waals surface area contributed by atoms with E-state index in [1.807, 2.05) is 13.0 Å². The van der Waals surface area contributed by atoms with E-state index >= 15 is 0 Å². The van der Waals surface area contributed by atoms with Crippen molar-refractivity contribution in [3.8, 4) is 0 Å².